The predicted octanol–water partition coefficient (Wildman–Crippen LogP) is -1.87. The van der Waals surface area contributed by atoms with Crippen molar-refractivity contribution >= 4 is 23.8 Å². The van der Waals surface area contributed by atoms with Crippen LogP contribution < -0.4 is 10.6 Å². The molecule has 0 radical (unpaired) electrons. The van der Waals surface area contributed by atoms with Crippen LogP contribution in [0.2, 0.25) is 0 Å². The molecule has 8 heteroatoms. The van der Waals surface area contributed by atoms with E-state index in [1.165, 1.54) is 0 Å². The van der Waals surface area contributed by atoms with Crippen LogP contribution in [0.5, 0.6) is 0 Å². The summed E-state index contributed by atoms with van der Waals surface area (Å²) in [6.07, 6.45) is 4.78. The summed E-state index contributed by atoms with van der Waals surface area (Å²) < 4.78 is 0. The summed E-state index contributed by atoms with van der Waals surface area (Å²) in [6.45, 7) is -0.611. The van der Waals surface area contributed by atoms with E-state index in [9.17, 15) is 19.2 Å². The third-order valence-electron chi connectivity index (χ3n) is 2.15. The van der Waals surface area contributed by atoms with Gasteiger partial charge in [0, 0.05) is 6.42 Å². The Kier molecular flexibility index (Phi) is 4.26. The Morgan fingerprint density at radius 2 is 2.00 bits per heavy atom. The Morgan fingerprint density at radius 3 is 2.44 bits per heavy atom. The second kappa shape index (κ2) is 5.67. The van der Waals surface area contributed by atoms with Crippen molar-refractivity contribution in [2.75, 3.05) is 13.1 Å². The molecule has 0 aliphatic carbocycles. The summed E-state index contributed by atoms with van der Waals surface area (Å²) in [4.78, 5) is 45.4. The van der Waals surface area contributed by atoms with Gasteiger partial charge in [0.2, 0.25) is 11.8 Å². The lowest BCUT2D eigenvalue weighted by molar-refractivity contribution is -0.139. The number of imide groups is 1. The molecule has 1 aliphatic heterocycles. The Hall–Kier alpha value is -2.56. The summed E-state index contributed by atoms with van der Waals surface area (Å²) in [6, 6.07) is -2.07. The molecule has 1 fully saturated rings. The van der Waals surface area contributed by atoms with E-state index in [1.807, 2.05) is 5.32 Å². The van der Waals surface area contributed by atoms with Gasteiger partial charge in [-0.2, -0.15) is 0 Å². The van der Waals surface area contributed by atoms with Gasteiger partial charge in [-0.15, -0.1) is 12.3 Å². The highest BCUT2D eigenvalue weighted by molar-refractivity contribution is 6.02. The Bertz CT molecular complexity index is 423. The van der Waals surface area contributed by atoms with Gasteiger partial charge in [0.15, 0.2) is 0 Å². The van der Waals surface area contributed by atoms with Crippen molar-refractivity contribution in [3.8, 4) is 12.3 Å². The number of nitrogens with one attached hydrogen (secondary N) is 2. The molecule has 0 aromatic rings. The van der Waals surface area contributed by atoms with Crippen LogP contribution in [0.25, 0.3) is 0 Å². The average Bonchev–Trinajstić information content (AvgIpc) is 2.26. The third kappa shape index (κ3) is 3.48. The molecule has 0 bridgehead atoms. The lowest BCUT2D eigenvalue weighted by atomic mass is 10.2. The van der Waals surface area contributed by atoms with E-state index >= 15 is 0 Å². The van der Waals surface area contributed by atoms with Crippen LogP contribution in [0, 0.1) is 12.3 Å². The number of carboxylic acids is 1. The number of carbonyl (C=O) groups excluding carboxylic acids is 3. The molecule has 0 aromatic carbocycles. The van der Waals surface area contributed by atoms with E-state index < -0.39 is 29.9 Å². The highest BCUT2D eigenvalue weighted by Gasteiger charge is 2.28. The van der Waals surface area contributed by atoms with Crippen molar-refractivity contribution in [3.63, 3.8) is 0 Å². The first-order chi connectivity index (χ1) is 8.43. The van der Waals surface area contributed by atoms with Gasteiger partial charge >= 0.3 is 12.0 Å². The Morgan fingerprint density at radius 1 is 1.44 bits per heavy atom. The highest BCUT2D eigenvalue weighted by Crippen LogP contribution is 1.98. The zero-order valence-corrected chi connectivity index (χ0v) is 9.30. The number of carbonyl (C=O) groups is 4. The molecular weight excluding hydrogens is 242 g/mol. The predicted molar refractivity (Wildman–Crippen MR) is 58.1 cm³/mol. The molecule has 1 aliphatic rings. The molecule has 1 saturated heterocycles. The second-order valence-corrected chi connectivity index (χ2v) is 3.58. The van der Waals surface area contributed by atoms with Crippen LogP contribution >= 0.6 is 0 Å². The number of piperazine rings is 1. The Balaban J connectivity index is 2.64. The molecule has 4 amide bonds. The maximum Gasteiger partial charge on any atom is 0.327 e. The fourth-order valence-electron chi connectivity index (χ4n) is 1.34. The quantitative estimate of drug-likeness (QED) is 0.402. The van der Waals surface area contributed by atoms with Gasteiger partial charge in [0.1, 0.15) is 19.1 Å². The van der Waals surface area contributed by atoms with Crippen LogP contribution in [0.3, 0.4) is 0 Å². The fourth-order valence-corrected chi connectivity index (χ4v) is 1.34. The number of hydrogen-bond donors (Lipinski definition) is 3. The monoisotopic (exact) mass is 253 g/mol. The Labute approximate surface area is 102 Å². The molecule has 8 nitrogen and oxygen atoms in total. The van der Waals surface area contributed by atoms with Gasteiger partial charge in [0.05, 0.1) is 0 Å². The van der Waals surface area contributed by atoms with Crippen molar-refractivity contribution in [1.82, 2.24) is 15.5 Å². The molecule has 0 spiro atoms. The molecule has 96 valence electrons. The minimum atomic E-state index is -1.28. The van der Waals surface area contributed by atoms with Gasteiger partial charge in [0.25, 0.3) is 0 Å². The second-order valence-electron chi connectivity index (χ2n) is 3.58. The zero-order valence-electron chi connectivity index (χ0n) is 9.30. The topological polar surface area (TPSA) is 116 Å². The van der Waals surface area contributed by atoms with E-state index in [1.54, 1.807) is 0 Å². The highest BCUT2D eigenvalue weighted by atomic mass is 16.4. The van der Waals surface area contributed by atoms with Crippen molar-refractivity contribution in [3.05, 3.63) is 0 Å². The van der Waals surface area contributed by atoms with Crippen LogP contribution in [0.4, 0.5) is 4.79 Å². The summed E-state index contributed by atoms with van der Waals surface area (Å²) in [5.74, 6) is -0.409. The van der Waals surface area contributed by atoms with Gasteiger partial charge in [-0.1, -0.05) is 0 Å². The number of amides is 4. The molecule has 0 saturated carbocycles. The fraction of sp³-hybridized carbons (Fsp3) is 0.400. The summed E-state index contributed by atoms with van der Waals surface area (Å²) in [5.41, 5.74) is 0. The van der Waals surface area contributed by atoms with E-state index in [0.29, 0.717) is 0 Å². The van der Waals surface area contributed by atoms with Gasteiger partial charge in [-0.3, -0.25) is 14.9 Å². The van der Waals surface area contributed by atoms with Crippen LogP contribution in [0.1, 0.15) is 6.42 Å². The van der Waals surface area contributed by atoms with Gasteiger partial charge in [-0.25, -0.2) is 9.59 Å². The zero-order chi connectivity index (χ0) is 13.7. The van der Waals surface area contributed by atoms with Gasteiger partial charge in [-0.05, 0) is 0 Å². The lowest BCUT2D eigenvalue weighted by Crippen LogP contribution is -2.57. The van der Waals surface area contributed by atoms with Gasteiger partial charge < -0.3 is 15.3 Å². The lowest BCUT2D eigenvalue weighted by Gasteiger charge is -2.26. The van der Waals surface area contributed by atoms with Crippen LogP contribution in [-0.4, -0.2) is 53.0 Å². The minimum absolute atomic E-state index is 0.185. The van der Waals surface area contributed by atoms with Crippen molar-refractivity contribution in [2.24, 2.45) is 0 Å². The smallest absolute Gasteiger partial charge is 0.327 e. The molecule has 0 aromatic heterocycles. The normalized spacial score (nSPS) is 16.5. The number of carboxylic acid groups (broad SMARTS) is 1. The standard InChI is InChI=1S/C10H11N3O5/c1-2-3-6(9(16)17)11-10(18)13-4-7(14)12-8(15)5-13/h1,6H,3-5H2,(H,11,18)(H,16,17)(H,12,14,15). The first-order valence-electron chi connectivity index (χ1n) is 4.98. The van der Waals surface area contributed by atoms with E-state index in [0.717, 1.165) is 4.90 Å². The number of terminal acetylenes is 1. The minimum Gasteiger partial charge on any atom is -0.480 e. The van der Waals surface area contributed by atoms with E-state index in [4.69, 9.17) is 11.5 Å². The summed E-state index contributed by atoms with van der Waals surface area (Å²) in [5, 5.41) is 12.9. The maximum atomic E-state index is 11.6. The van der Waals surface area contributed by atoms with E-state index in [2.05, 4.69) is 11.2 Å². The molecule has 1 rings (SSSR count). The molecule has 18 heavy (non-hydrogen) atoms. The largest absolute Gasteiger partial charge is 0.480 e. The van der Waals surface area contributed by atoms with Crippen LogP contribution in [-0.2, 0) is 14.4 Å². The average molecular weight is 253 g/mol. The van der Waals surface area contributed by atoms with Crippen molar-refractivity contribution in [1.29, 1.82) is 0 Å². The first kappa shape index (κ1) is 13.5. The molecule has 1 unspecified atom stereocenters. The number of rotatable bonds is 3. The number of urea groups is 1. The maximum absolute atomic E-state index is 11.6. The molecular formula is C10H11N3O5. The van der Waals surface area contributed by atoms with E-state index in [-0.39, 0.29) is 19.5 Å². The molecule has 3 N–H and O–H groups in total. The van der Waals surface area contributed by atoms with Crippen molar-refractivity contribution in [2.45, 2.75) is 12.5 Å². The summed E-state index contributed by atoms with van der Waals surface area (Å²) >= 11 is 0. The number of nitrogens with zero attached hydrogens (tertiary/aromatic N) is 1. The number of hydrogen-bond acceptors (Lipinski definition) is 4. The SMILES string of the molecule is C#CCC(NC(=O)N1CC(=O)NC(=O)C1)C(=O)O. The number of aliphatic carboxylic acids is 1. The molecule has 1 atom stereocenters. The third-order valence-corrected chi connectivity index (χ3v) is 2.15. The first-order valence-corrected chi connectivity index (χ1v) is 4.98. The van der Waals surface area contributed by atoms with Crippen LogP contribution in [0.15, 0.2) is 0 Å². The summed E-state index contributed by atoms with van der Waals surface area (Å²) in [7, 11) is 0. The van der Waals surface area contributed by atoms with Crippen molar-refractivity contribution < 1.29 is 24.3 Å². The molecule has 1 heterocycles.